The summed E-state index contributed by atoms with van der Waals surface area (Å²) in [6.07, 6.45) is -10.1. The van der Waals surface area contributed by atoms with Crippen LogP contribution in [-0.4, -0.2) is 79.6 Å². The molecule has 5 aromatic rings. The van der Waals surface area contributed by atoms with Crippen LogP contribution < -0.4 is 4.74 Å². The van der Waals surface area contributed by atoms with Crippen LogP contribution in [-0.2, 0) is 35.0 Å². The SMILES string of the molecule is O=[N+]([O-])c1cccc(S(=O)(=O)OC[C@H]2CO2)c1.O[C@]1(C(F)(F)F)c2ccccc2-c2c(Cl)cc(OC[C@H]3CO3)cc21.Oc1cc(Cl)c2c(c1)[C@@](O)(C(F)(F)F)c1ccccc1-2. The minimum atomic E-state index is -4.93. The molecule has 21 heteroatoms. The van der Waals surface area contributed by atoms with E-state index in [1.165, 1.54) is 66.7 Å². The Balaban J connectivity index is 0.000000140. The van der Waals surface area contributed by atoms with Crippen LogP contribution in [0.3, 0.4) is 0 Å². The molecule has 0 aromatic heterocycles. The van der Waals surface area contributed by atoms with Gasteiger partial charge in [0.15, 0.2) is 0 Å². The van der Waals surface area contributed by atoms with Crippen molar-refractivity contribution in [3.63, 3.8) is 0 Å². The Labute approximate surface area is 351 Å². The molecular formula is C40H29Cl2F6NO11S. The number of nitro benzene ring substituents is 1. The first kappa shape index (κ1) is 44.1. The molecule has 4 atom stereocenters. The smallest absolute Gasteiger partial charge is 0.425 e. The minimum absolute atomic E-state index is 0.0346. The number of epoxide rings is 2. The Morgan fingerprint density at radius 3 is 1.72 bits per heavy atom. The van der Waals surface area contributed by atoms with Gasteiger partial charge in [0.1, 0.15) is 35.2 Å². The summed E-state index contributed by atoms with van der Waals surface area (Å²) in [5.41, 5.74) is -7.07. The summed E-state index contributed by atoms with van der Waals surface area (Å²) >= 11 is 12.2. The lowest BCUT2D eigenvalue weighted by molar-refractivity contribution is -0.385. The molecule has 0 spiro atoms. The number of ether oxygens (including phenoxy) is 3. The van der Waals surface area contributed by atoms with Crippen LogP contribution in [0.15, 0.2) is 102 Å². The molecule has 0 saturated carbocycles. The number of halogens is 8. The van der Waals surface area contributed by atoms with Gasteiger partial charge < -0.3 is 29.5 Å². The maximum Gasteiger partial charge on any atom is 0.425 e. The summed E-state index contributed by atoms with van der Waals surface area (Å²) in [5, 5.41) is 41.0. The maximum absolute atomic E-state index is 13.7. The van der Waals surface area contributed by atoms with E-state index in [1.54, 1.807) is 12.1 Å². The molecule has 322 valence electrons. The van der Waals surface area contributed by atoms with E-state index in [2.05, 4.69) is 0 Å². The molecule has 2 aliphatic heterocycles. The lowest BCUT2D eigenvalue weighted by atomic mass is 9.90. The molecule has 0 unspecified atom stereocenters. The van der Waals surface area contributed by atoms with E-state index in [0.717, 1.165) is 18.2 Å². The van der Waals surface area contributed by atoms with Crippen molar-refractivity contribution in [1.82, 2.24) is 0 Å². The number of rotatable bonds is 8. The van der Waals surface area contributed by atoms with Crippen LogP contribution in [0, 0.1) is 10.1 Å². The average Bonchev–Trinajstić information content (AvgIpc) is 4.14. The maximum atomic E-state index is 13.7. The van der Waals surface area contributed by atoms with Gasteiger partial charge in [0, 0.05) is 45.5 Å². The molecule has 2 saturated heterocycles. The Bertz CT molecular complexity index is 2640. The van der Waals surface area contributed by atoms with E-state index in [4.69, 9.17) is 41.6 Å². The van der Waals surface area contributed by atoms with Gasteiger partial charge in [-0.05, 0) is 41.5 Å². The number of aliphatic hydroxyl groups is 2. The molecular weight excluding hydrogens is 887 g/mol. The second kappa shape index (κ2) is 16.0. The number of alkyl halides is 6. The zero-order chi connectivity index (χ0) is 44.3. The van der Waals surface area contributed by atoms with Crippen molar-refractivity contribution in [1.29, 1.82) is 0 Å². The topological polar surface area (TPSA) is 181 Å². The number of fused-ring (bicyclic) bond motifs is 6. The Morgan fingerprint density at radius 2 is 1.21 bits per heavy atom. The van der Waals surface area contributed by atoms with Crippen LogP contribution in [0.25, 0.3) is 22.3 Å². The van der Waals surface area contributed by atoms with Gasteiger partial charge in [-0.1, -0.05) is 77.8 Å². The number of aromatic hydroxyl groups is 1. The van der Waals surface area contributed by atoms with E-state index < -0.39 is 49.9 Å². The van der Waals surface area contributed by atoms with Gasteiger partial charge in [-0.2, -0.15) is 34.8 Å². The summed E-state index contributed by atoms with van der Waals surface area (Å²) in [7, 11) is -3.96. The van der Waals surface area contributed by atoms with E-state index in [1.807, 2.05) is 0 Å². The van der Waals surface area contributed by atoms with Crippen molar-refractivity contribution in [3.8, 4) is 33.8 Å². The third-order valence-corrected chi connectivity index (χ3v) is 11.8. The zero-order valence-corrected chi connectivity index (χ0v) is 33.0. The third kappa shape index (κ3) is 8.36. The quantitative estimate of drug-likeness (QED) is 0.0447. The van der Waals surface area contributed by atoms with Crippen molar-refractivity contribution in [3.05, 3.63) is 139 Å². The number of benzene rings is 5. The highest BCUT2D eigenvalue weighted by Gasteiger charge is 2.62. The van der Waals surface area contributed by atoms with Crippen molar-refractivity contribution < 1.29 is 73.4 Å². The number of hydrogen-bond acceptors (Lipinski definition) is 11. The van der Waals surface area contributed by atoms with Gasteiger partial charge >= 0.3 is 12.4 Å². The standard InChI is InChI=1S/C17H12ClF3O3.C14H8ClF3O2.C9H9NO6S/c18-14-6-9(23-7-10-8-24-10)5-13-15(14)11-3-1-2-4-12(11)16(13,22)17(19,20)21;15-11-6-7(19)5-10-12(11)8-3-1-2-4-9(8)13(10,20)14(16,17)18;11-10(12)7-2-1-3-9(4-7)17(13,14)16-6-8-5-15-8/h1-6,10,22H,7-8H2;1-6,19-20H;1-4,8H,5-6H2/t10-,16+;13-;8-/m011/s1. The largest absolute Gasteiger partial charge is 0.508 e. The van der Waals surface area contributed by atoms with E-state index in [-0.39, 0.29) is 90.7 Å². The summed E-state index contributed by atoms with van der Waals surface area (Å²) in [6, 6.07) is 20.9. The van der Waals surface area contributed by atoms with Crippen LogP contribution in [0.4, 0.5) is 32.0 Å². The first-order valence-electron chi connectivity index (χ1n) is 17.7. The van der Waals surface area contributed by atoms with Gasteiger partial charge in [0.2, 0.25) is 11.2 Å². The van der Waals surface area contributed by atoms with Crippen LogP contribution in [0.5, 0.6) is 11.5 Å². The Hall–Kier alpha value is -4.99. The highest BCUT2D eigenvalue weighted by Crippen LogP contribution is 2.59. The van der Waals surface area contributed by atoms with Gasteiger partial charge in [0.25, 0.3) is 15.8 Å². The Kier molecular flexibility index (Phi) is 11.6. The first-order chi connectivity index (χ1) is 28.6. The number of hydrogen-bond donors (Lipinski definition) is 3. The van der Waals surface area contributed by atoms with Gasteiger partial charge in [-0.15, -0.1) is 0 Å². The molecule has 2 fully saturated rings. The molecule has 5 aromatic carbocycles. The molecule has 9 rings (SSSR count). The molecule has 2 aliphatic carbocycles. The first-order valence-corrected chi connectivity index (χ1v) is 19.9. The van der Waals surface area contributed by atoms with Crippen molar-refractivity contribution in [2.75, 3.05) is 26.4 Å². The molecule has 0 amide bonds. The second-order valence-corrected chi connectivity index (χ2v) is 16.3. The zero-order valence-electron chi connectivity index (χ0n) is 30.7. The minimum Gasteiger partial charge on any atom is -0.508 e. The second-order valence-electron chi connectivity index (χ2n) is 13.9. The summed E-state index contributed by atoms with van der Waals surface area (Å²) in [4.78, 5) is 9.61. The highest BCUT2D eigenvalue weighted by atomic mass is 35.5. The number of nitrogens with zero attached hydrogens (tertiary/aromatic N) is 1. The molecule has 0 bridgehead atoms. The predicted molar refractivity (Wildman–Crippen MR) is 205 cm³/mol. The van der Waals surface area contributed by atoms with Crippen LogP contribution in [0.1, 0.15) is 22.3 Å². The van der Waals surface area contributed by atoms with Crippen LogP contribution in [0.2, 0.25) is 10.0 Å². The third-order valence-electron chi connectivity index (χ3n) is 9.88. The average molecular weight is 917 g/mol. The van der Waals surface area contributed by atoms with Crippen molar-refractivity contribution in [2.45, 2.75) is 40.7 Å². The lowest BCUT2D eigenvalue weighted by Crippen LogP contribution is -2.41. The molecule has 61 heavy (non-hydrogen) atoms. The number of non-ortho nitro benzene ring substituents is 1. The van der Waals surface area contributed by atoms with E-state index in [9.17, 15) is 60.2 Å². The van der Waals surface area contributed by atoms with E-state index in [0.29, 0.717) is 13.2 Å². The molecule has 12 nitrogen and oxygen atoms in total. The normalized spacial score (nSPS) is 21.7. The fraction of sp³-hybridized carbons (Fsp3) is 0.250. The van der Waals surface area contributed by atoms with Crippen LogP contribution >= 0.6 is 23.2 Å². The number of nitro groups is 1. The Morgan fingerprint density at radius 1 is 0.721 bits per heavy atom. The molecule has 3 N–H and O–H groups in total. The van der Waals surface area contributed by atoms with Gasteiger partial charge in [-0.25, -0.2) is 0 Å². The highest BCUT2D eigenvalue weighted by molar-refractivity contribution is 7.86. The summed E-state index contributed by atoms with van der Waals surface area (Å²) < 4.78 is 125. The monoisotopic (exact) mass is 915 g/mol. The van der Waals surface area contributed by atoms with E-state index >= 15 is 0 Å². The fourth-order valence-corrected chi connectivity index (χ4v) is 8.42. The van der Waals surface area contributed by atoms with Gasteiger partial charge in [-0.3, -0.25) is 14.3 Å². The number of phenols is 1. The molecule has 0 radical (unpaired) electrons. The fourth-order valence-electron chi connectivity index (χ4n) is 6.81. The van der Waals surface area contributed by atoms with Crippen molar-refractivity contribution in [2.24, 2.45) is 0 Å². The predicted octanol–water partition coefficient (Wildman–Crippen LogP) is 8.42. The molecule has 4 aliphatic rings. The van der Waals surface area contributed by atoms with Gasteiger partial charge in [0.05, 0.1) is 34.8 Å². The summed E-state index contributed by atoms with van der Waals surface area (Å²) in [6.45, 7) is 1.21. The summed E-state index contributed by atoms with van der Waals surface area (Å²) in [5.74, 6) is -0.256. The lowest BCUT2D eigenvalue weighted by Gasteiger charge is -2.28. The molecule has 2 heterocycles. The number of phenolic OH excluding ortho intramolecular Hbond substituents is 1. The van der Waals surface area contributed by atoms with Crippen molar-refractivity contribution >= 4 is 39.0 Å².